The zero-order valence-electron chi connectivity index (χ0n) is 16.6. The molecule has 1 heterocycles. The molecule has 0 radical (unpaired) electrons. The Kier molecular flexibility index (Phi) is 7.82. The normalized spacial score (nSPS) is 19.2. The summed E-state index contributed by atoms with van der Waals surface area (Å²) in [5.74, 6) is 0. The third-order valence-electron chi connectivity index (χ3n) is 5.49. The largest absolute Gasteiger partial charge is 0.379 e. The van der Waals surface area contributed by atoms with E-state index in [9.17, 15) is 18.5 Å². The van der Waals surface area contributed by atoms with Gasteiger partial charge in [0.2, 0.25) is 10.0 Å². The molecule has 2 fully saturated rings. The number of nitrogens with zero attached hydrogens (tertiary/aromatic N) is 2. The Morgan fingerprint density at radius 2 is 1.90 bits per heavy atom. The lowest BCUT2D eigenvalue weighted by atomic mass is 9.95. The van der Waals surface area contributed by atoms with E-state index in [0.29, 0.717) is 25.3 Å². The van der Waals surface area contributed by atoms with Gasteiger partial charge in [0.15, 0.2) is 0 Å². The lowest BCUT2D eigenvalue weighted by molar-refractivity contribution is -0.384. The van der Waals surface area contributed by atoms with Gasteiger partial charge >= 0.3 is 0 Å². The molecule has 9 nitrogen and oxygen atoms in total. The Morgan fingerprint density at radius 1 is 1.17 bits per heavy atom. The molecule has 3 rings (SSSR count). The van der Waals surface area contributed by atoms with Crippen molar-refractivity contribution >= 4 is 21.4 Å². The first-order valence-corrected chi connectivity index (χ1v) is 11.8. The van der Waals surface area contributed by atoms with E-state index >= 15 is 0 Å². The average molecular weight is 427 g/mol. The van der Waals surface area contributed by atoms with E-state index in [1.807, 2.05) is 0 Å². The molecule has 162 valence electrons. The summed E-state index contributed by atoms with van der Waals surface area (Å²) in [5.41, 5.74) is 0.180. The number of morpholine rings is 1. The van der Waals surface area contributed by atoms with Crippen molar-refractivity contribution in [2.45, 2.75) is 49.5 Å². The number of rotatable bonds is 9. The van der Waals surface area contributed by atoms with Gasteiger partial charge in [-0.15, -0.1) is 0 Å². The fraction of sp³-hybridized carbons (Fsp3) is 0.684. The van der Waals surface area contributed by atoms with Crippen molar-refractivity contribution in [3.63, 3.8) is 0 Å². The Labute approximate surface area is 172 Å². The highest BCUT2D eigenvalue weighted by Gasteiger charge is 2.23. The maximum absolute atomic E-state index is 12.6. The summed E-state index contributed by atoms with van der Waals surface area (Å²) in [6.45, 7) is 4.20. The van der Waals surface area contributed by atoms with Gasteiger partial charge in [-0.2, -0.15) is 0 Å². The lowest BCUT2D eigenvalue weighted by Gasteiger charge is -2.26. The molecule has 0 bridgehead atoms. The summed E-state index contributed by atoms with van der Waals surface area (Å²) >= 11 is 0. The van der Waals surface area contributed by atoms with Crippen LogP contribution >= 0.6 is 0 Å². The van der Waals surface area contributed by atoms with Crippen molar-refractivity contribution in [1.82, 2.24) is 9.62 Å². The summed E-state index contributed by atoms with van der Waals surface area (Å²) in [7, 11) is -3.79. The number of sulfonamides is 1. The van der Waals surface area contributed by atoms with Crippen LogP contribution in [0.5, 0.6) is 0 Å². The molecule has 1 aliphatic heterocycles. The summed E-state index contributed by atoms with van der Waals surface area (Å²) in [5, 5.41) is 14.7. The van der Waals surface area contributed by atoms with E-state index in [-0.39, 0.29) is 23.2 Å². The van der Waals surface area contributed by atoms with Crippen molar-refractivity contribution in [3.05, 3.63) is 28.3 Å². The predicted molar refractivity (Wildman–Crippen MR) is 111 cm³/mol. The number of hydrogen-bond donors (Lipinski definition) is 2. The fourth-order valence-electron chi connectivity index (χ4n) is 3.84. The Morgan fingerprint density at radius 3 is 2.59 bits per heavy atom. The average Bonchev–Trinajstić information content (AvgIpc) is 2.73. The number of ether oxygens (including phenoxy) is 1. The van der Waals surface area contributed by atoms with Crippen molar-refractivity contribution in [1.29, 1.82) is 0 Å². The monoisotopic (exact) mass is 426 g/mol. The molecule has 1 saturated carbocycles. The van der Waals surface area contributed by atoms with E-state index in [4.69, 9.17) is 4.74 Å². The Balaban J connectivity index is 1.60. The van der Waals surface area contributed by atoms with E-state index in [0.717, 1.165) is 51.4 Å². The van der Waals surface area contributed by atoms with Crippen LogP contribution in [0.1, 0.15) is 38.5 Å². The molecule has 2 N–H and O–H groups in total. The van der Waals surface area contributed by atoms with Crippen molar-refractivity contribution in [2.75, 3.05) is 44.7 Å². The van der Waals surface area contributed by atoms with Gasteiger partial charge in [0.1, 0.15) is 5.69 Å². The number of hydrogen-bond acceptors (Lipinski definition) is 7. The van der Waals surface area contributed by atoms with Crippen molar-refractivity contribution in [2.24, 2.45) is 0 Å². The number of nitrogens with one attached hydrogen (secondary N) is 2. The molecule has 29 heavy (non-hydrogen) atoms. The molecule has 10 heteroatoms. The summed E-state index contributed by atoms with van der Waals surface area (Å²) < 4.78 is 33.0. The molecular weight excluding hydrogens is 396 g/mol. The van der Waals surface area contributed by atoms with Gasteiger partial charge in [-0.1, -0.05) is 19.3 Å². The maximum Gasteiger partial charge on any atom is 0.293 e. The minimum Gasteiger partial charge on any atom is -0.379 e. The molecule has 1 aliphatic carbocycles. The van der Waals surface area contributed by atoms with Crippen LogP contribution in [0.2, 0.25) is 0 Å². The summed E-state index contributed by atoms with van der Waals surface area (Å²) in [6.07, 6.45) is 6.01. The van der Waals surface area contributed by atoms with E-state index in [1.165, 1.54) is 18.6 Å². The van der Waals surface area contributed by atoms with Gasteiger partial charge in [0.05, 0.1) is 23.0 Å². The third-order valence-corrected chi connectivity index (χ3v) is 6.95. The van der Waals surface area contributed by atoms with Crippen LogP contribution in [0.25, 0.3) is 0 Å². The molecule has 0 amide bonds. The van der Waals surface area contributed by atoms with Crippen LogP contribution in [-0.2, 0) is 14.8 Å². The molecule has 0 unspecified atom stereocenters. The predicted octanol–water partition coefficient (Wildman–Crippen LogP) is 2.34. The number of nitro benzene ring substituents is 1. The van der Waals surface area contributed by atoms with Gasteiger partial charge in [-0.3, -0.25) is 15.0 Å². The van der Waals surface area contributed by atoms with Crippen LogP contribution in [0.4, 0.5) is 11.4 Å². The highest BCUT2D eigenvalue weighted by Crippen LogP contribution is 2.30. The smallest absolute Gasteiger partial charge is 0.293 e. The molecule has 0 aromatic heterocycles. The summed E-state index contributed by atoms with van der Waals surface area (Å²) in [4.78, 5) is 13.1. The zero-order chi connectivity index (χ0) is 20.7. The van der Waals surface area contributed by atoms with Gasteiger partial charge in [-0.05, 0) is 37.9 Å². The minimum absolute atomic E-state index is 0.0789. The molecule has 0 spiro atoms. The Hall–Kier alpha value is -1.75. The molecule has 1 saturated heterocycles. The van der Waals surface area contributed by atoms with Crippen molar-refractivity contribution < 1.29 is 18.1 Å². The van der Waals surface area contributed by atoms with Gasteiger partial charge in [0, 0.05) is 31.7 Å². The number of benzene rings is 1. The fourth-order valence-corrected chi connectivity index (χ4v) is 4.93. The lowest BCUT2D eigenvalue weighted by Crippen LogP contribution is -2.38. The quantitative estimate of drug-likeness (QED) is 0.354. The summed E-state index contributed by atoms with van der Waals surface area (Å²) in [6, 6.07) is 4.29. The second-order valence-electron chi connectivity index (χ2n) is 7.62. The Bertz CT molecular complexity index is 790. The SMILES string of the molecule is O=[N+]([O-])c1cc(S(=O)(=O)NCCCN2CCOCC2)ccc1NC1CCCCC1. The molecular formula is C19H30N4O5S. The highest BCUT2D eigenvalue weighted by atomic mass is 32.2. The van der Waals surface area contributed by atoms with Gasteiger partial charge in [-0.25, -0.2) is 13.1 Å². The standard InChI is InChI=1S/C19H30N4O5S/c24-23(25)19-15-17(7-8-18(19)21-16-5-2-1-3-6-16)29(26,27)20-9-4-10-22-11-13-28-14-12-22/h7-8,15-16,20-21H,1-6,9-14H2. The second-order valence-corrected chi connectivity index (χ2v) is 9.39. The molecule has 1 aromatic carbocycles. The van der Waals surface area contributed by atoms with Crippen LogP contribution in [0, 0.1) is 10.1 Å². The maximum atomic E-state index is 12.6. The third kappa shape index (κ3) is 6.36. The first-order valence-electron chi connectivity index (χ1n) is 10.3. The highest BCUT2D eigenvalue weighted by molar-refractivity contribution is 7.89. The number of nitro groups is 1. The van der Waals surface area contributed by atoms with Crippen LogP contribution in [0.15, 0.2) is 23.1 Å². The van der Waals surface area contributed by atoms with Crippen LogP contribution < -0.4 is 10.0 Å². The minimum atomic E-state index is -3.79. The first kappa shape index (κ1) is 21.9. The molecule has 1 aromatic rings. The van der Waals surface area contributed by atoms with Crippen molar-refractivity contribution in [3.8, 4) is 0 Å². The topological polar surface area (TPSA) is 114 Å². The van der Waals surface area contributed by atoms with Crippen LogP contribution in [-0.4, -0.2) is 63.7 Å². The van der Waals surface area contributed by atoms with Gasteiger partial charge < -0.3 is 10.1 Å². The molecule has 0 atom stereocenters. The van der Waals surface area contributed by atoms with Gasteiger partial charge in [0.25, 0.3) is 5.69 Å². The first-order chi connectivity index (χ1) is 14.0. The van der Waals surface area contributed by atoms with E-state index in [2.05, 4.69) is 14.9 Å². The van der Waals surface area contributed by atoms with E-state index in [1.54, 1.807) is 0 Å². The number of anilines is 1. The zero-order valence-corrected chi connectivity index (χ0v) is 17.5. The second kappa shape index (κ2) is 10.3. The molecule has 2 aliphatic rings. The van der Waals surface area contributed by atoms with Crippen LogP contribution in [0.3, 0.4) is 0 Å². The van der Waals surface area contributed by atoms with E-state index < -0.39 is 14.9 Å².